The highest BCUT2D eigenvalue weighted by Crippen LogP contribution is 2.19. The number of hydrogen-bond acceptors (Lipinski definition) is 4. The molecule has 6 nitrogen and oxygen atoms in total. The van der Waals surface area contributed by atoms with Crippen LogP contribution >= 0.6 is 0 Å². The summed E-state index contributed by atoms with van der Waals surface area (Å²) >= 11 is 0. The molecular formula is C16H28N4O2. The summed E-state index contributed by atoms with van der Waals surface area (Å²) in [7, 11) is 0. The second-order valence-electron chi connectivity index (χ2n) is 6.68. The quantitative estimate of drug-likeness (QED) is 0.658. The fraction of sp³-hybridized carbons (Fsp3) is 0.875. The van der Waals surface area contributed by atoms with Crippen LogP contribution in [0, 0.1) is 0 Å². The third-order valence-electron chi connectivity index (χ3n) is 5.18. The Kier molecular flexibility index (Phi) is 5.31. The Hall–Kier alpha value is -1.14. The van der Waals surface area contributed by atoms with E-state index in [0.717, 1.165) is 64.7 Å². The van der Waals surface area contributed by atoms with Crippen LogP contribution in [0.5, 0.6) is 0 Å². The van der Waals surface area contributed by atoms with Crippen LogP contribution in [0.25, 0.3) is 0 Å². The molecule has 3 heterocycles. The maximum atomic E-state index is 12.3. The molecule has 2 N–H and O–H groups in total. The van der Waals surface area contributed by atoms with E-state index in [0.29, 0.717) is 13.1 Å². The number of carbonyl (C=O) groups is 2. The van der Waals surface area contributed by atoms with Gasteiger partial charge in [0.15, 0.2) is 0 Å². The molecule has 0 aromatic carbocycles. The van der Waals surface area contributed by atoms with Crippen LogP contribution in [0.3, 0.4) is 0 Å². The molecule has 22 heavy (non-hydrogen) atoms. The number of fused-ring (bicyclic) bond motifs is 2. The Morgan fingerprint density at radius 2 is 1.09 bits per heavy atom. The molecule has 2 amide bonds. The van der Waals surface area contributed by atoms with E-state index in [2.05, 4.69) is 20.4 Å². The Morgan fingerprint density at radius 3 is 1.55 bits per heavy atom. The Labute approximate surface area is 132 Å². The van der Waals surface area contributed by atoms with Crippen molar-refractivity contribution in [2.45, 2.75) is 50.6 Å². The van der Waals surface area contributed by atoms with E-state index >= 15 is 0 Å². The molecular weight excluding hydrogens is 280 g/mol. The summed E-state index contributed by atoms with van der Waals surface area (Å²) in [6.07, 6.45) is 5.96. The van der Waals surface area contributed by atoms with Gasteiger partial charge >= 0.3 is 0 Å². The molecule has 3 rings (SSSR count). The van der Waals surface area contributed by atoms with E-state index in [1.54, 1.807) is 0 Å². The number of rotatable bonds is 0. The third kappa shape index (κ3) is 3.60. The minimum atomic E-state index is 0.0400. The van der Waals surface area contributed by atoms with Crippen molar-refractivity contribution in [2.75, 3.05) is 39.3 Å². The zero-order chi connectivity index (χ0) is 15.4. The highest BCUT2D eigenvalue weighted by Gasteiger charge is 2.32. The summed E-state index contributed by atoms with van der Waals surface area (Å²) in [6, 6.07) is 0.0800. The molecule has 0 radical (unpaired) electrons. The van der Waals surface area contributed by atoms with Gasteiger partial charge in [-0.1, -0.05) is 0 Å². The molecule has 0 aromatic rings. The second-order valence-corrected chi connectivity index (χ2v) is 6.68. The van der Waals surface area contributed by atoms with Crippen LogP contribution < -0.4 is 10.6 Å². The van der Waals surface area contributed by atoms with Crippen LogP contribution in [0.1, 0.15) is 38.5 Å². The van der Waals surface area contributed by atoms with Gasteiger partial charge in [0.2, 0.25) is 11.8 Å². The van der Waals surface area contributed by atoms with Gasteiger partial charge in [-0.25, -0.2) is 0 Å². The standard InChI is InChI=1S/C16H28N4O2/c21-15-13-5-1-9-19(13)11-3-7-18-16(22)14-6-2-10-20(14)12-4-8-17-15/h13-14H,1-12H2,(H,17,21)(H,18,22)/t13-,14-/m1/s1. The van der Waals surface area contributed by atoms with Crippen molar-refractivity contribution in [3.8, 4) is 0 Å². The molecule has 2 atom stereocenters. The lowest BCUT2D eigenvalue weighted by molar-refractivity contribution is -0.127. The fourth-order valence-corrected chi connectivity index (χ4v) is 4.00. The predicted molar refractivity (Wildman–Crippen MR) is 84.4 cm³/mol. The number of amides is 2. The van der Waals surface area contributed by atoms with Gasteiger partial charge in [-0.05, 0) is 51.6 Å². The lowest BCUT2D eigenvalue weighted by atomic mass is 10.2. The molecule has 3 fully saturated rings. The monoisotopic (exact) mass is 308 g/mol. The van der Waals surface area contributed by atoms with E-state index in [4.69, 9.17) is 0 Å². The first-order valence-electron chi connectivity index (χ1n) is 8.79. The largest absolute Gasteiger partial charge is 0.355 e. The van der Waals surface area contributed by atoms with Crippen LogP contribution in [-0.4, -0.2) is 73.0 Å². The molecule has 3 aliphatic rings. The van der Waals surface area contributed by atoms with E-state index in [-0.39, 0.29) is 23.9 Å². The molecule has 0 spiro atoms. The van der Waals surface area contributed by atoms with Crippen molar-refractivity contribution in [1.82, 2.24) is 20.4 Å². The molecule has 3 aliphatic heterocycles. The third-order valence-corrected chi connectivity index (χ3v) is 5.18. The van der Waals surface area contributed by atoms with Crippen molar-refractivity contribution in [1.29, 1.82) is 0 Å². The normalized spacial score (nSPS) is 32.7. The molecule has 0 bridgehead atoms. The highest BCUT2D eigenvalue weighted by molar-refractivity contribution is 5.82. The van der Waals surface area contributed by atoms with Crippen LogP contribution in [0.4, 0.5) is 0 Å². The minimum absolute atomic E-state index is 0.0400. The number of nitrogens with one attached hydrogen (secondary N) is 2. The van der Waals surface area contributed by atoms with Gasteiger partial charge in [0, 0.05) is 26.2 Å². The molecule has 6 heteroatoms. The topological polar surface area (TPSA) is 64.7 Å². The molecule has 3 saturated heterocycles. The minimum Gasteiger partial charge on any atom is -0.355 e. The molecule has 124 valence electrons. The van der Waals surface area contributed by atoms with Gasteiger partial charge in [-0.15, -0.1) is 0 Å². The van der Waals surface area contributed by atoms with E-state index in [9.17, 15) is 9.59 Å². The van der Waals surface area contributed by atoms with Gasteiger partial charge in [0.1, 0.15) is 0 Å². The SMILES string of the molecule is O=C1NCCCN2CCC[C@@H]2C(=O)NCCCN2CCC[C@H]12. The zero-order valence-electron chi connectivity index (χ0n) is 13.4. The summed E-state index contributed by atoms with van der Waals surface area (Å²) in [5, 5.41) is 6.18. The van der Waals surface area contributed by atoms with Crippen molar-refractivity contribution in [3.05, 3.63) is 0 Å². The average molecular weight is 308 g/mol. The van der Waals surface area contributed by atoms with Crippen molar-refractivity contribution >= 4 is 11.8 Å². The van der Waals surface area contributed by atoms with Crippen molar-refractivity contribution in [2.24, 2.45) is 0 Å². The Morgan fingerprint density at radius 1 is 0.682 bits per heavy atom. The highest BCUT2D eigenvalue weighted by atomic mass is 16.2. The first-order chi connectivity index (χ1) is 10.8. The lowest BCUT2D eigenvalue weighted by Gasteiger charge is -2.26. The van der Waals surface area contributed by atoms with Crippen LogP contribution in [-0.2, 0) is 9.59 Å². The molecule has 0 aliphatic carbocycles. The summed E-state index contributed by atoms with van der Waals surface area (Å²) < 4.78 is 0. The predicted octanol–water partition coefficient (Wildman–Crippen LogP) is -0.0586. The van der Waals surface area contributed by atoms with E-state index in [1.165, 1.54) is 0 Å². The molecule has 0 aromatic heterocycles. The van der Waals surface area contributed by atoms with E-state index in [1.807, 2.05) is 0 Å². The number of hydrogen-bond donors (Lipinski definition) is 2. The first-order valence-corrected chi connectivity index (χ1v) is 8.79. The van der Waals surface area contributed by atoms with Gasteiger partial charge in [0.05, 0.1) is 12.1 Å². The maximum Gasteiger partial charge on any atom is 0.237 e. The van der Waals surface area contributed by atoms with Gasteiger partial charge in [-0.2, -0.15) is 0 Å². The lowest BCUT2D eigenvalue weighted by Crippen LogP contribution is -2.47. The molecule has 0 saturated carbocycles. The molecule has 0 unspecified atom stereocenters. The van der Waals surface area contributed by atoms with Gasteiger partial charge in [0.25, 0.3) is 0 Å². The van der Waals surface area contributed by atoms with Crippen molar-refractivity contribution in [3.63, 3.8) is 0 Å². The zero-order valence-corrected chi connectivity index (χ0v) is 13.4. The summed E-state index contributed by atoms with van der Waals surface area (Å²) in [4.78, 5) is 29.2. The number of nitrogens with zero attached hydrogens (tertiary/aromatic N) is 2. The van der Waals surface area contributed by atoms with Gasteiger partial charge in [-0.3, -0.25) is 19.4 Å². The summed E-state index contributed by atoms with van der Waals surface area (Å²) in [5.74, 6) is 0.383. The van der Waals surface area contributed by atoms with Gasteiger partial charge < -0.3 is 10.6 Å². The Balaban J connectivity index is 1.61. The second kappa shape index (κ2) is 7.42. The summed E-state index contributed by atoms with van der Waals surface area (Å²) in [5.41, 5.74) is 0. The summed E-state index contributed by atoms with van der Waals surface area (Å²) in [6.45, 7) is 5.23. The average Bonchev–Trinajstić information content (AvgIpc) is 3.15. The van der Waals surface area contributed by atoms with Crippen LogP contribution in [0.15, 0.2) is 0 Å². The smallest absolute Gasteiger partial charge is 0.237 e. The van der Waals surface area contributed by atoms with Crippen LogP contribution in [0.2, 0.25) is 0 Å². The Bertz CT molecular complexity index is 377. The van der Waals surface area contributed by atoms with E-state index < -0.39 is 0 Å². The van der Waals surface area contributed by atoms with Crippen molar-refractivity contribution < 1.29 is 9.59 Å². The number of carbonyl (C=O) groups excluding carboxylic acids is 2. The maximum absolute atomic E-state index is 12.3. The fourth-order valence-electron chi connectivity index (χ4n) is 4.00. The first kappa shape index (κ1) is 15.7.